The topological polar surface area (TPSA) is 47.6 Å². The molecule has 0 heterocycles. The first-order chi connectivity index (χ1) is 9.20. The molecule has 0 saturated heterocycles. The lowest BCUT2D eigenvalue weighted by atomic mass is 10.2. The summed E-state index contributed by atoms with van der Waals surface area (Å²) in [7, 11) is 1.38. The largest absolute Gasteiger partial charge is 0.456 e. The van der Waals surface area contributed by atoms with Gasteiger partial charge in [-0.2, -0.15) is 0 Å². The number of nitrogens with one attached hydrogen (secondary N) is 1. The van der Waals surface area contributed by atoms with E-state index in [0.29, 0.717) is 17.1 Å². The van der Waals surface area contributed by atoms with Crippen LogP contribution >= 0.6 is 15.9 Å². The fourth-order valence-electron chi connectivity index (χ4n) is 1.55. The standard InChI is InChI=1S/C14H12BrNO3/c1-18-16-14(17)12-7-2-3-8-13(12)19-11-6-4-5-10(15)9-11/h2-9H,1H3,(H,16,17). The molecule has 0 atom stereocenters. The van der Waals surface area contributed by atoms with Crippen molar-refractivity contribution in [1.29, 1.82) is 0 Å². The molecule has 0 aromatic heterocycles. The van der Waals surface area contributed by atoms with Crippen molar-refractivity contribution in [3.63, 3.8) is 0 Å². The van der Waals surface area contributed by atoms with E-state index in [2.05, 4.69) is 26.2 Å². The van der Waals surface area contributed by atoms with E-state index in [9.17, 15) is 4.79 Å². The van der Waals surface area contributed by atoms with E-state index >= 15 is 0 Å². The zero-order valence-electron chi connectivity index (χ0n) is 10.2. The number of amides is 1. The van der Waals surface area contributed by atoms with Gasteiger partial charge in [0.25, 0.3) is 5.91 Å². The van der Waals surface area contributed by atoms with Crippen molar-refractivity contribution in [1.82, 2.24) is 5.48 Å². The number of benzene rings is 2. The van der Waals surface area contributed by atoms with Gasteiger partial charge in [-0.25, -0.2) is 5.48 Å². The van der Waals surface area contributed by atoms with Crippen LogP contribution in [0.1, 0.15) is 10.4 Å². The van der Waals surface area contributed by atoms with Crippen LogP contribution in [0.3, 0.4) is 0 Å². The highest BCUT2D eigenvalue weighted by molar-refractivity contribution is 9.10. The number of ether oxygens (including phenoxy) is 1. The fraction of sp³-hybridized carbons (Fsp3) is 0.0714. The van der Waals surface area contributed by atoms with E-state index < -0.39 is 0 Å². The molecule has 2 aromatic rings. The average Bonchev–Trinajstić information content (AvgIpc) is 2.39. The van der Waals surface area contributed by atoms with Gasteiger partial charge in [0.1, 0.15) is 11.5 Å². The first-order valence-electron chi connectivity index (χ1n) is 5.56. The molecule has 4 nitrogen and oxygen atoms in total. The van der Waals surface area contributed by atoms with Gasteiger partial charge in [-0.05, 0) is 30.3 Å². The molecule has 0 radical (unpaired) electrons. The van der Waals surface area contributed by atoms with Crippen molar-refractivity contribution < 1.29 is 14.4 Å². The normalized spacial score (nSPS) is 10.0. The van der Waals surface area contributed by atoms with Crippen LogP contribution in [0.5, 0.6) is 11.5 Å². The molecule has 0 fully saturated rings. The summed E-state index contributed by atoms with van der Waals surface area (Å²) < 4.78 is 6.62. The van der Waals surface area contributed by atoms with Gasteiger partial charge in [-0.3, -0.25) is 9.63 Å². The molecule has 0 aliphatic rings. The Kier molecular flexibility index (Phi) is 4.54. The summed E-state index contributed by atoms with van der Waals surface area (Å²) in [5.41, 5.74) is 2.68. The Morgan fingerprint density at radius 2 is 1.95 bits per heavy atom. The van der Waals surface area contributed by atoms with Gasteiger partial charge in [-0.15, -0.1) is 0 Å². The molecule has 19 heavy (non-hydrogen) atoms. The molecule has 0 bridgehead atoms. The zero-order chi connectivity index (χ0) is 13.7. The van der Waals surface area contributed by atoms with E-state index in [1.807, 2.05) is 24.3 Å². The third-order valence-electron chi connectivity index (χ3n) is 2.35. The third kappa shape index (κ3) is 3.56. The molecule has 1 N–H and O–H groups in total. The highest BCUT2D eigenvalue weighted by atomic mass is 79.9. The summed E-state index contributed by atoms with van der Waals surface area (Å²) in [6.07, 6.45) is 0. The van der Waals surface area contributed by atoms with Crippen LogP contribution in [0.4, 0.5) is 0 Å². The minimum Gasteiger partial charge on any atom is -0.456 e. The van der Waals surface area contributed by atoms with E-state index in [-0.39, 0.29) is 5.91 Å². The van der Waals surface area contributed by atoms with Crippen LogP contribution in [0.15, 0.2) is 53.0 Å². The Hall–Kier alpha value is -1.85. The Bertz CT molecular complexity index is 586. The Morgan fingerprint density at radius 3 is 2.68 bits per heavy atom. The SMILES string of the molecule is CONC(=O)c1ccccc1Oc1cccc(Br)c1. The number of hydrogen-bond donors (Lipinski definition) is 1. The first kappa shape index (κ1) is 13.6. The number of carbonyl (C=O) groups is 1. The zero-order valence-corrected chi connectivity index (χ0v) is 11.8. The van der Waals surface area contributed by atoms with Crippen molar-refractivity contribution in [2.75, 3.05) is 7.11 Å². The van der Waals surface area contributed by atoms with Crippen molar-refractivity contribution >= 4 is 21.8 Å². The van der Waals surface area contributed by atoms with E-state index in [4.69, 9.17) is 4.74 Å². The Morgan fingerprint density at radius 1 is 1.16 bits per heavy atom. The Balaban J connectivity index is 2.27. The number of rotatable bonds is 4. The third-order valence-corrected chi connectivity index (χ3v) is 2.84. The molecule has 2 rings (SSSR count). The lowest BCUT2D eigenvalue weighted by Gasteiger charge is -2.10. The smallest absolute Gasteiger partial charge is 0.278 e. The quantitative estimate of drug-likeness (QED) is 0.876. The molecular weight excluding hydrogens is 310 g/mol. The summed E-state index contributed by atoms with van der Waals surface area (Å²) in [5, 5.41) is 0. The molecule has 2 aromatic carbocycles. The van der Waals surface area contributed by atoms with Gasteiger partial charge < -0.3 is 4.74 Å². The maximum atomic E-state index is 11.8. The molecule has 0 aliphatic carbocycles. The van der Waals surface area contributed by atoms with E-state index in [1.54, 1.807) is 24.3 Å². The second kappa shape index (κ2) is 6.36. The molecule has 0 saturated carbocycles. The predicted octanol–water partition coefficient (Wildman–Crippen LogP) is 3.53. The maximum Gasteiger partial charge on any atom is 0.278 e. The highest BCUT2D eigenvalue weighted by Gasteiger charge is 2.12. The van der Waals surface area contributed by atoms with Crippen molar-refractivity contribution in [3.05, 3.63) is 58.6 Å². The highest BCUT2D eigenvalue weighted by Crippen LogP contribution is 2.27. The minimum absolute atomic E-state index is 0.354. The van der Waals surface area contributed by atoms with Crippen LogP contribution in [0, 0.1) is 0 Å². The minimum atomic E-state index is -0.354. The molecular formula is C14H12BrNO3. The van der Waals surface area contributed by atoms with Crippen LogP contribution in [0.2, 0.25) is 0 Å². The van der Waals surface area contributed by atoms with Gasteiger partial charge in [-0.1, -0.05) is 34.1 Å². The van der Waals surface area contributed by atoms with Gasteiger partial charge in [0.05, 0.1) is 12.7 Å². The monoisotopic (exact) mass is 321 g/mol. The number of para-hydroxylation sites is 1. The summed E-state index contributed by atoms with van der Waals surface area (Å²) in [4.78, 5) is 16.4. The van der Waals surface area contributed by atoms with Crippen LogP contribution in [0.25, 0.3) is 0 Å². The van der Waals surface area contributed by atoms with E-state index in [0.717, 1.165) is 4.47 Å². The molecule has 0 aliphatic heterocycles. The van der Waals surface area contributed by atoms with Crippen molar-refractivity contribution in [3.8, 4) is 11.5 Å². The number of halogens is 1. The lowest BCUT2D eigenvalue weighted by Crippen LogP contribution is -2.22. The van der Waals surface area contributed by atoms with Crippen LogP contribution in [-0.4, -0.2) is 13.0 Å². The lowest BCUT2D eigenvalue weighted by molar-refractivity contribution is 0.0535. The first-order valence-corrected chi connectivity index (χ1v) is 6.36. The fourth-order valence-corrected chi connectivity index (χ4v) is 1.93. The maximum absolute atomic E-state index is 11.8. The second-order valence-electron chi connectivity index (χ2n) is 3.69. The van der Waals surface area contributed by atoms with Crippen LogP contribution < -0.4 is 10.2 Å². The molecule has 5 heteroatoms. The molecule has 98 valence electrons. The number of hydroxylamine groups is 1. The summed E-state index contributed by atoms with van der Waals surface area (Å²) >= 11 is 3.37. The summed E-state index contributed by atoms with van der Waals surface area (Å²) in [5.74, 6) is 0.760. The number of hydrogen-bond acceptors (Lipinski definition) is 3. The number of carbonyl (C=O) groups excluding carboxylic acids is 1. The summed E-state index contributed by atoms with van der Waals surface area (Å²) in [6.45, 7) is 0. The van der Waals surface area contributed by atoms with Gasteiger partial charge >= 0.3 is 0 Å². The van der Waals surface area contributed by atoms with Gasteiger partial charge in [0, 0.05) is 4.47 Å². The van der Waals surface area contributed by atoms with Gasteiger partial charge in [0.15, 0.2) is 0 Å². The second-order valence-corrected chi connectivity index (χ2v) is 4.61. The molecule has 0 spiro atoms. The average molecular weight is 322 g/mol. The predicted molar refractivity (Wildman–Crippen MR) is 75.1 cm³/mol. The summed E-state index contributed by atoms with van der Waals surface area (Å²) in [6, 6.07) is 14.4. The van der Waals surface area contributed by atoms with Gasteiger partial charge in [0.2, 0.25) is 0 Å². The molecule has 1 amide bonds. The van der Waals surface area contributed by atoms with Crippen molar-refractivity contribution in [2.45, 2.75) is 0 Å². The molecule has 0 unspecified atom stereocenters. The van der Waals surface area contributed by atoms with E-state index in [1.165, 1.54) is 7.11 Å². The Labute approximate surface area is 119 Å². The van der Waals surface area contributed by atoms with Crippen molar-refractivity contribution in [2.24, 2.45) is 0 Å². The van der Waals surface area contributed by atoms with Crippen LogP contribution in [-0.2, 0) is 4.84 Å².